The van der Waals surface area contributed by atoms with Crippen LogP contribution in [0.3, 0.4) is 0 Å². The summed E-state index contributed by atoms with van der Waals surface area (Å²) in [5.41, 5.74) is 0.354. The molecule has 0 spiro atoms. The monoisotopic (exact) mass is 294 g/mol. The maximum atomic E-state index is 12.8. The molecule has 0 aliphatic carbocycles. The molecule has 0 radical (unpaired) electrons. The second-order valence-electron chi connectivity index (χ2n) is 5.44. The third-order valence-electron chi connectivity index (χ3n) is 2.41. The van der Waals surface area contributed by atoms with Crippen LogP contribution in [0.1, 0.15) is 26.3 Å². The van der Waals surface area contributed by atoms with E-state index in [9.17, 15) is 17.6 Å². The van der Waals surface area contributed by atoms with E-state index in [4.69, 9.17) is 4.74 Å². The first-order valence-electron chi connectivity index (χ1n) is 6.08. The molecule has 1 N–H and O–H groups in total. The summed E-state index contributed by atoms with van der Waals surface area (Å²) in [6.07, 6.45) is -0.939. The Kier molecular flexibility index (Phi) is 5.33. The van der Waals surface area contributed by atoms with Crippen molar-refractivity contribution in [2.45, 2.75) is 45.2 Å². The van der Waals surface area contributed by atoms with Crippen molar-refractivity contribution in [2.75, 3.05) is 6.61 Å². The Bertz CT molecular complexity index is 433. The summed E-state index contributed by atoms with van der Waals surface area (Å²) in [5, 5.41) is 3.14. The number of alkyl halides is 4. The van der Waals surface area contributed by atoms with Crippen molar-refractivity contribution in [2.24, 2.45) is 0 Å². The molecule has 0 saturated carbocycles. The Labute approximate surface area is 115 Å². The molecule has 3 nitrogen and oxygen atoms in total. The Morgan fingerprint density at radius 3 is 2.50 bits per heavy atom. The summed E-state index contributed by atoms with van der Waals surface area (Å²) in [6, 6.07) is 1.38. The minimum atomic E-state index is -4.17. The largest absolute Gasteiger partial charge is 0.487 e. The molecular weight excluding hydrogens is 276 g/mol. The van der Waals surface area contributed by atoms with E-state index in [1.165, 1.54) is 18.5 Å². The maximum Gasteiger partial charge on any atom is 0.340 e. The molecule has 0 bridgehead atoms. The molecule has 0 unspecified atom stereocenters. The molecule has 1 aromatic heterocycles. The zero-order valence-electron chi connectivity index (χ0n) is 11.6. The van der Waals surface area contributed by atoms with Gasteiger partial charge in [0.2, 0.25) is 0 Å². The van der Waals surface area contributed by atoms with Crippen molar-refractivity contribution in [3.8, 4) is 5.75 Å². The highest BCUT2D eigenvalue weighted by atomic mass is 19.3. The van der Waals surface area contributed by atoms with E-state index >= 15 is 0 Å². The lowest BCUT2D eigenvalue weighted by molar-refractivity contribution is -0.148. The highest BCUT2D eigenvalue weighted by molar-refractivity contribution is 5.30. The second-order valence-corrected chi connectivity index (χ2v) is 5.44. The molecule has 0 aliphatic heterocycles. The molecule has 7 heteroatoms. The van der Waals surface area contributed by atoms with Crippen molar-refractivity contribution in [3.63, 3.8) is 0 Å². The number of rotatable bonds is 6. The summed E-state index contributed by atoms with van der Waals surface area (Å²) in [7, 11) is 0. The average molecular weight is 294 g/mol. The molecule has 0 fully saturated rings. The predicted molar refractivity (Wildman–Crippen MR) is 67.3 cm³/mol. The van der Waals surface area contributed by atoms with Crippen molar-refractivity contribution in [1.29, 1.82) is 0 Å². The van der Waals surface area contributed by atoms with Gasteiger partial charge in [0, 0.05) is 30.0 Å². The molecule has 0 aromatic carbocycles. The Balaban J connectivity index is 2.71. The molecule has 1 heterocycles. The quantitative estimate of drug-likeness (QED) is 0.818. The lowest BCUT2D eigenvalue weighted by Gasteiger charge is -2.22. The lowest BCUT2D eigenvalue weighted by Crippen LogP contribution is -2.36. The smallest absolute Gasteiger partial charge is 0.340 e. The van der Waals surface area contributed by atoms with Crippen LogP contribution in [-0.2, 0) is 6.54 Å². The molecule has 1 aromatic rings. The molecule has 0 aliphatic rings. The van der Waals surface area contributed by atoms with Crippen LogP contribution in [-0.4, -0.2) is 29.5 Å². The Morgan fingerprint density at radius 2 is 1.95 bits per heavy atom. The van der Waals surface area contributed by atoms with Crippen molar-refractivity contribution in [3.05, 3.63) is 24.0 Å². The van der Waals surface area contributed by atoms with Crippen LogP contribution >= 0.6 is 0 Å². The number of pyridine rings is 1. The number of halogens is 4. The van der Waals surface area contributed by atoms with Crippen LogP contribution in [0.5, 0.6) is 5.75 Å². The fourth-order valence-electron chi connectivity index (χ4n) is 1.29. The van der Waals surface area contributed by atoms with Crippen LogP contribution in [0.25, 0.3) is 0 Å². The topological polar surface area (TPSA) is 34.2 Å². The van der Waals surface area contributed by atoms with Crippen molar-refractivity contribution < 1.29 is 22.3 Å². The maximum absolute atomic E-state index is 12.8. The van der Waals surface area contributed by atoms with E-state index in [0.29, 0.717) is 12.1 Å². The predicted octanol–water partition coefficient (Wildman–Crippen LogP) is 3.25. The number of hydrogen-bond acceptors (Lipinski definition) is 3. The first-order valence-corrected chi connectivity index (χ1v) is 6.08. The lowest BCUT2D eigenvalue weighted by atomic mass is 10.1. The van der Waals surface area contributed by atoms with Gasteiger partial charge in [-0.05, 0) is 26.8 Å². The van der Waals surface area contributed by atoms with Gasteiger partial charge in [0.15, 0.2) is 6.61 Å². The van der Waals surface area contributed by atoms with E-state index in [1.54, 1.807) is 0 Å². The second kappa shape index (κ2) is 6.39. The van der Waals surface area contributed by atoms with Crippen molar-refractivity contribution >= 4 is 0 Å². The summed E-state index contributed by atoms with van der Waals surface area (Å²) in [6.45, 7) is 4.79. The highest BCUT2D eigenvalue weighted by Crippen LogP contribution is 2.25. The van der Waals surface area contributed by atoms with Crippen molar-refractivity contribution in [1.82, 2.24) is 10.3 Å². The van der Waals surface area contributed by atoms with Gasteiger partial charge in [-0.3, -0.25) is 4.98 Å². The molecule has 20 heavy (non-hydrogen) atoms. The number of hydrogen-bond donors (Lipinski definition) is 1. The molecule has 0 saturated heterocycles. The van der Waals surface area contributed by atoms with Crippen LogP contribution < -0.4 is 10.1 Å². The van der Waals surface area contributed by atoms with E-state index < -0.39 is 19.0 Å². The summed E-state index contributed by atoms with van der Waals surface area (Å²) in [5.74, 6) is -4.05. The summed E-state index contributed by atoms with van der Waals surface area (Å²) >= 11 is 0. The minimum absolute atomic E-state index is 0.122. The Hall–Kier alpha value is -1.37. The summed E-state index contributed by atoms with van der Waals surface area (Å²) < 4.78 is 54.6. The fourth-order valence-corrected chi connectivity index (χ4v) is 1.29. The van der Waals surface area contributed by atoms with Gasteiger partial charge < -0.3 is 10.1 Å². The average Bonchev–Trinajstić information content (AvgIpc) is 2.33. The molecule has 114 valence electrons. The van der Waals surface area contributed by atoms with Gasteiger partial charge in [-0.15, -0.1) is 0 Å². The first-order chi connectivity index (χ1) is 9.12. The first kappa shape index (κ1) is 16.7. The zero-order valence-corrected chi connectivity index (χ0v) is 11.6. The van der Waals surface area contributed by atoms with E-state index in [0.717, 1.165) is 0 Å². The van der Waals surface area contributed by atoms with Crippen LogP contribution in [0.2, 0.25) is 0 Å². The van der Waals surface area contributed by atoms with Gasteiger partial charge >= 0.3 is 12.3 Å². The molecular formula is C13H18F4N2O. The van der Waals surface area contributed by atoms with Gasteiger partial charge in [-0.2, -0.15) is 8.78 Å². The SMILES string of the molecule is CC(C)(C)NCc1cnccc1OCC(F)(F)C(F)F. The minimum Gasteiger partial charge on any atom is -0.487 e. The normalized spacial score (nSPS) is 12.8. The molecule has 1 rings (SSSR count). The van der Waals surface area contributed by atoms with Crippen LogP contribution in [0.4, 0.5) is 17.6 Å². The van der Waals surface area contributed by atoms with Gasteiger partial charge in [0.1, 0.15) is 5.75 Å². The Morgan fingerprint density at radius 1 is 1.30 bits per heavy atom. The molecule has 0 amide bonds. The standard InChI is InChI=1S/C13H18F4N2O/c1-12(2,3)19-7-9-6-18-5-4-10(9)20-8-13(16,17)11(14)15/h4-6,11,19H,7-8H2,1-3H3. The van der Waals surface area contributed by atoms with Gasteiger partial charge in [0.05, 0.1) is 0 Å². The number of nitrogens with one attached hydrogen (secondary N) is 1. The fraction of sp³-hybridized carbons (Fsp3) is 0.615. The molecule has 0 atom stereocenters. The van der Waals surface area contributed by atoms with Crippen LogP contribution in [0.15, 0.2) is 18.5 Å². The van der Waals surface area contributed by atoms with Gasteiger partial charge in [-0.1, -0.05) is 0 Å². The third-order valence-corrected chi connectivity index (χ3v) is 2.41. The van der Waals surface area contributed by atoms with Crippen LogP contribution in [0, 0.1) is 0 Å². The van der Waals surface area contributed by atoms with E-state index in [-0.39, 0.29) is 11.3 Å². The van der Waals surface area contributed by atoms with Gasteiger partial charge in [0.25, 0.3) is 0 Å². The summed E-state index contributed by atoms with van der Waals surface area (Å²) in [4.78, 5) is 3.87. The highest BCUT2D eigenvalue weighted by Gasteiger charge is 2.41. The third kappa shape index (κ3) is 5.32. The van der Waals surface area contributed by atoms with E-state index in [2.05, 4.69) is 10.3 Å². The number of ether oxygens (including phenoxy) is 1. The van der Waals surface area contributed by atoms with E-state index in [1.807, 2.05) is 20.8 Å². The number of nitrogens with zero attached hydrogens (tertiary/aromatic N) is 1. The zero-order chi connectivity index (χ0) is 15.4. The van der Waals surface area contributed by atoms with Gasteiger partial charge in [-0.25, -0.2) is 8.78 Å². The number of aromatic nitrogens is 1.